The summed E-state index contributed by atoms with van der Waals surface area (Å²) < 4.78 is 0.674. The number of hydrogen-bond donors (Lipinski definition) is 2. The van der Waals surface area contributed by atoms with Crippen molar-refractivity contribution in [2.24, 2.45) is 0 Å². The van der Waals surface area contributed by atoms with E-state index < -0.39 is 0 Å². The molecule has 19 heavy (non-hydrogen) atoms. The molecule has 0 aliphatic carbocycles. The van der Waals surface area contributed by atoms with Crippen LogP contribution in [0.3, 0.4) is 0 Å². The summed E-state index contributed by atoms with van der Waals surface area (Å²) in [6.45, 7) is 3.11. The molecule has 1 aromatic heterocycles. The molecule has 4 nitrogen and oxygen atoms in total. The predicted molar refractivity (Wildman–Crippen MR) is 78.9 cm³/mol. The highest BCUT2D eigenvalue weighted by atomic mass is 35.5. The van der Waals surface area contributed by atoms with Gasteiger partial charge in [0.25, 0.3) is 5.91 Å². The largest absolute Gasteiger partial charge is 0.379 e. The number of anilines is 1. The summed E-state index contributed by atoms with van der Waals surface area (Å²) in [5.41, 5.74) is 1.53. The van der Waals surface area contributed by atoms with E-state index in [0.717, 1.165) is 10.7 Å². The van der Waals surface area contributed by atoms with Crippen molar-refractivity contribution in [2.45, 2.75) is 13.5 Å². The Bertz CT molecular complexity index is 571. The van der Waals surface area contributed by atoms with E-state index in [0.29, 0.717) is 23.0 Å². The van der Waals surface area contributed by atoms with E-state index in [1.807, 2.05) is 25.1 Å². The van der Waals surface area contributed by atoms with Gasteiger partial charge in [-0.25, -0.2) is 4.98 Å². The molecule has 0 spiro atoms. The molecule has 0 saturated heterocycles. The quantitative estimate of drug-likeness (QED) is 0.891. The Morgan fingerprint density at radius 3 is 3.00 bits per heavy atom. The van der Waals surface area contributed by atoms with Gasteiger partial charge in [0, 0.05) is 17.8 Å². The van der Waals surface area contributed by atoms with Crippen molar-refractivity contribution < 1.29 is 4.79 Å². The number of hydrogen-bond acceptors (Lipinski definition) is 4. The molecule has 1 heterocycles. The fourth-order valence-electron chi connectivity index (χ4n) is 1.58. The van der Waals surface area contributed by atoms with Crippen LogP contribution in [0.25, 0.3) is 0 Å². The molecule has 0 unspecified atom stereocenters. The van der Waals surface area contributed by atoms with Crippen LogP contribution in [0, 0.1) is 0 Å². The summed E-state index contributed by atoms with van der Waals surface area (Å²) >= 11 is 7.26. The van der Waals surface area contributed by atoms with Crippen molar-refractivity contribution in [1.82, 2.24) is 10.3 Å². The summed E-state index contributed by atoms with van der Waals surface area (Å²) in [4.78, 5) is 15.9. The third-order valence-electron chi connectivity index (χ3n) is 2.43. The zero-order valence-corrected chi connectivity index (χ0v) is 12.0. The minimum atomic E-state index is -0.0663. The van der Waals surface area contributed by atoms with Crippen LogP contribution >= 0.6 is 22.9 Å². The SMILES string of the molecule is CCNC(=O)c1cccc(NCc2ncc(Cl)s2)c1. The zero-order valence-electron chi connectivity index (χ0n) is 10.4. The minimum absolute atomic E-state index is 0.0663. The molecule has 0 saturated carbocycles. The number of nitrogens with one attached hydrogen (secondary N) is 2. The Hall–Kier alpha value is -1.59. The predicted octanol–water partition coefficient (Wildman–Crippen LogP) is 3.16. The lowest BCUT2D eigenvalue weighted by Crippen LogP contribution is -2.22. The van der Waals surface area contributed by atoms with E-state index in [2.05, 4.69) is 15.6 Å². The average Bonchev–Trinajstić information content (AvgIpc) is 2.83. The number of halogens is 1. The van der Waals surface area contributed by atoms with Gasteiger partial charge in [0.05, 0.1) is 12.7 Å². The van der Waals surface area contributed by atoms with Gasteiger partial charge in [-0.15, -0.1) is 11.3 Å². The van der Waals surface area contributed by atoms with Crippen molar-refractivity contribution in [2.75, 3.05) is 11.9 Å². The van der Waals surface area contributed by atoms with Gasteiger partial charge in [0.1, 0.15) is 9.34 Å². The monoisotopic (exact) mass is 295 g/mol. The number of benzene rings is 1. The lowest BCUT2D eigenvalue weighted by Gasteiger charge is -2.07. The smallest absolute Gasteiger partial charge is 0.251 e. The summed E-state index contributed by atoms with van der Waals surface area (Å²) in [6.07, 6.45) is 1.63. The molecule has 2 N–H and O–H groups in total. The van der Waals surface area contributed by atoms with E-state index >= 15 is 0 Å². The maximum atomic E-state index is 11.7. The average molecular weight is 296 g/mol. The second-order valence-electron chi connectivity index (χ2n) is 3.85. The molecule has 0 bridgehead atoms. The Morgan fingerprint density at radius 2 is 2.32 bits per heavy atom. The van der Waals surface area contributed by atoms with Gasteiger partial charge in [0.2, 0.25) is 0 Å². The molecule has 2 aromatic rings. The van der Waals surface area contributed by atoms with Crippen LogP contribution in [-0.2, 0) is 6.54 Å². The van der Waals surface area contributed by atoms with Crippen molar-refractivity contribution in [1.29, 1.82) is 0 Å². The standard InChI is InChI=1S/C13H14ClN3OS/c1-2-15-13(18)9-4-3-5-10(6-9)16-8-12-17-7-11(14)19-12/h3-7,16H,2,8H2,1H3,(H,15,18). The van der Waals surface area contributed by atoms with Crippen molar-refractivity contribution >= 4 is 34.5 Å². The topological polar surface area (TPSA) is 54.0 Å². The lowest BCUT2D eigenvalue weighted by molar-refractivity contribution is 0.0956. The zero-order chi connectivity index (χ0) is 13.7. The molecule has 1 amide bonds. The number of rotatable bonds is 5. The Balaban J connectivity index is 2.00. The number of amides is 1. The maximum absolute atomic E-state index is 11.7. The van der Waals surface area contributed by atoms with Gasteiger partial charge in [-0.05, 0) is 25.1 Å². The fraction of sp³-hybridized carbons (Fsp3) is 0.231. The van der Waals surface area contributed by atoms with E-state index in [9.17, 15) is 4.79 Å². The van der Waals surface area contributed by atoms with Crippen LogP contribution in [-0.4, -0.2) is 17.4 Å². The summed E-state index contributed by atoms with van der Waals surface area (Å²) in [5, 5.41) is 6.90. The minimum Gasteiger partial charge on any atom is -0.379 e. The third kappa shape index (κ3) is 3.94. The molecule has 0 aliphatic rings. The Morgan fingerprint density at radius 1 is 1.47 bits per heavy atom. The number of aromatic nitrogens is 1. The number of nitrogens with zero attached hydrogens (tertiary/aromatic N) is 1. The van der Waals surface area contributed by atoms with Gasteiger partial charge in [-0.1, -0.05) is 17.7 Å². The van der Waals surface area contributed by atoms with Gasteiger partial charge in [0.15, 0.2) is 0 Å². The first-order chi connectivity index (χ1) is 9.19. The van der Waals surface area contributed by atoms with E-state index in [1.54, 1.807) is 12.3 Å². The summed E-state index contributed by atoms with van der Waals surface area (Å²) in [7, 11) is 0. The second-order valence-corrected chi connectivity index (χ2v) is 5.60. The number of carbonyl (C=O) groups excluding carboxylic acids is 1. The molecule has 0 atom stereocenters. The Kier molecular flexibility index (Phi) is 4.76. The normalized spacial score (nSPS) is 10.2. The summed E-state index contributed by atoms with van der Waals surface area (Å²) in [6, 6.07) is 7.37. The van der Waals surface area contributed by atoms with Crippen LogP contribution in [0.1, 0.15) is 22.3 Å². The third-order valence-corrected chi connectivity index (χ3v) is 3.55. The van der Waals surface area contributed by atoms with Crippen LogP contribution in [0.15, 0.2) is 30.5 Å². The Labute approximate surface area is 120 Å². The van der Waals surface area contributed by atoms with Crippen LogP contribution in [0.4, 0.5) is 5.69 Å². The fourth-order valence-corrected chi connectivity index (χ4v) is 2.48. The molecule has 100 valence electrons. The highest BCUT2D eigenvalue weighted by Gasteiger charge is 2.05. The first kappa shape index (κ1) is 13.8. The lowest BCUT2D eigenvalue weighted by atomic mass is 10.2. The molecule has 2 rings (SSSR count). The van der Waals surface area contributed by atoms with Crippen LogP contribution in [0.5, 0.6) is 0 Å². The molecule has 6 heteroatoms. The van der Waals surface area contributed by atoms with Gasteiger partial charge in [-0.2, -0.15) is 0 Å². The maximum Gasteiger partial charge on any atom is 0.251 e. The molecule has 0 radical (unpaired) electrons. The van der Waals surface area contributed by atoms with Gasteiger partial charge >= 0.3 is 0 Å². The van der Waals surface area contributed by atoms with Crippen molar-refractivity contribution in [3.63, 3.8) is 0 Å². The van der Waals surface area contributed by atoms with Crippen molar-refractivity contribution in [3.05, 3.63) is 45.4 Å². The first-order valence-corrected chi connectivity index (χ1v) is 7.11. The van der Waals surface area contributed by atoms with E-state index in [-0.39, 0.29) is 5.91 Å². The van der Waals surface area contributed by atoms with E-state index in [1.165, 1.54) is 11.3 Å². The summed E-state index contributed by atoms with van der Waals surface area (Å²) in [5.74, 6) is -0.0663. The molecule has 0 fully saturated rings. The van der Waals surface area contributed by atoms with Gasteiger partial charge in [-0.3, -0.25) is 4.79 Å². The van der Waals surface area contributed by atoms with Crippen molar-refractivity contribution in [3.8, 4) is 0 Å². The van der Waals surface area contributed by atoms with Gasteiger partial charge < -0.3 is 10.6 Å². The number of carbonyl (C=O) groups is 1. The molecule has 1 aromatic carbocycles. The highest BCUT2D eigenvalue weighted by Crippen LogP contribution is 2.19. The first-order valence-electron chi connectivity index (χ1n) is 5.91. The molecular formula is C13H14ClN3OS. The van der Waals surface area contributed by atoms with E-state index in [4.69, 9.17) is 11.6 Å². The number of thiazole rings is 1. The van der Waals surface area contributed by atoms with Crippen LogP contribution in [0.2, 0.25) is 4.34 Å². The van der Waals surface area contributed by atoms with Crippen LogP contribution < -0.4 is 10.6 Å². The second kappa shape index (κ2) is 6.54. The molecule has 0 aliphatic heterocycles. The molecular weight excluding hydrogens is 282 g/mol. The highest BCUT2D eigenvalue weighted by molar-refractivity contribution is 7.15.